The average Bonchev–Trinajstić information content (AvgIpc) is 3.07. The van der Waals surface area contributed by atoms with Crippen LogP contribution in [0.25, 0.3) is 0 Å². The molecule has 0 spiro atoms. The lowest BCUT2D eigenvalue weighted by Crippen LogP contribution is -2.52. The number of rotatable bonds is 5. The SMILES string of the molecule is C[C@@H]1CN=C2N(Cc3cn(C)nn3)C(=O)c3cc(S(=O)(=O)NC4(C)CC4)ccc3N21. The molecule has 1 aromatic carbocycles. The summed E-state index contributed by atoms with van der Waals surface area (Å²) >= 11 is 0. The second kappa shape index (κ2) is 6.35. The Morgan fingerprint density at radius 1 is 1.30 bits per heavy atom. The molecule has 10 nitrogen and oxygen atoms in total. The second-order valence-electron chi connectivity index (χ2n) is 8.48. The predicted molar refractivity (Wildman–Crippen MR) is 110 cm³/mol. The molecule has 1 N–H and O–H groups in total. The normalized spacial score (nSPS) is 22.0. The number of hydrogen-bond acceptors (Lipinski definition) is 7. The Bertz CT molecular complexity index is 1180. The number of aliphatic imine (C=N–C) groups is 1. The van der Waals surface area contributed by atoms with Crippen molar-refractivity contribution in [2.45, 2.75) is 49.7 Å². The van der Waals surface area contributed by atoms with Crippen LogP contribution in [0.4, 0.5) is 5.69 Å². The maximum Gasteiger partial charge on any atom is 0.263 e. The zero-order chi connectivity index (χ0) is 21.3. The molecule has 3 aliphatic rings. The van der Waals surface area contributed by atoms with Gasteiger partial charge in [0.2, 0.25) is 16.0 Å². The molecule has 1 aliphatic carbocycles. The van der Waals surface area contributed by atoms with E-state index in [2.05, 4.69) is 20.0 Å². The highest BCUT2D eigenvalue weighted by Gasteiger charge is 2.43. The quantitative estimate of drug-likeness (QED) is 0.755. The van der Waals surface area contributed by atoms with E-state index in [4.69, 9.17) is 0 Å². The Morgan fingerprint density at radius 3 is 2.73 bits per heavy atom. The summed E-state index contributed by atoms with van der Waals surface area (Å²) in [4.78, 5) is 21.6. The summed E-state index contributed by atoms with van der Waals surface area (Å²) in [6.45, 7) is 4.67. The first-order valence-corrected chi connectivity index (χ1v) is 11.3. The topological polar surface area (TPSA) is 113 Å². The molecule has 0 saturated heterocycles. The molecule has 30 heavy (non-hydrogen) atoms. The minimum absolute atomic E-state index is 0.0576. The van der Waals surface area contributed by atoms with Gasteiger partial charge in [0.15, 0.2) is 0 Å². The minimum atomic E-state index is -3.72. The van der Waals surface area contributed by atoms with Crippen LogP contribution in [0.15, 0.2) is 34.3 Å². The number of carbonyl (C=O) groups excluding carboxylic acids is 1. The largest absolute Gasteiger partial charge is 0.307 e. The Kier molecular flexibility index (Phi) is 4.06. The molecule has 3 heterocycles. The van der Waals surface area contributed by atoms with Gasteiger partial charge >= 0.3 is 0 Å². The second-order valence-corrected chi connectivity index (χ2v) is 10.2. The van der Waals surface area contributed by atoms with E-state index in [0.29, 0.717) is 29.4 Å². The number of anilines is 1. The van der Waals surface area contributed by atoms with Gasteiger partial charge in [0.25, 0.3) is 5.91 Å². The molecule has 11 heteroatoms. The maximum absolute atomic E-state index is 13.4. The van der Waals surface area contributed by atoms with E-state index in [-0.39, 0.29) is 28.9 Å². The molecule has 0 unspecified atom stereocenters. The van der Waals surface area contributed by atoms with Crippen molar-refractivity contribution in [2.24, 2.45) is 12.0 Å². The van der Waals surface area contributed by atoms with Gasteiger partial charge in [-0.1, -0.05) is 5.21 Å². The van der Waals surface area contributed by atoms with Gasteiger partial charge < -0.3 is 4.90 Å². The van der Waals surface area contributed by atoms with Gasteiger partial charge in [-0.25, -0.2) is 13.1 Å². The Hall–Kier alpha value is -2.79. The summed E-state index contributed by atoms with van der Waals surface area (Å²) in [5.74, 6) is 0.263. The van der Waals surface area contributed by atoms with E-state index in [1.165, 1.54) is 6.07 Å². The van der Waals surface area contributed by atoms with Crippen molar-refractivity contribution in [1.82, 2.24) is 24.6 Å². The number of benzene rings is 1. The van der Waals surface area contributed by atoms with E-state index in [1.54, 1.807) is 35.0 Å². The van der Waals surface area contributed by atoms with Crippen LogP contribution in [-0.2, 0) is 23.6 Å². The lowest BCUT2D eigenvalue weighted by Gasteiger charge is -2.37. The van der Waals surface area contributed by atoms with Gasteiger partial charge in [-0.3, -0.25) is 19.4 Å². The number of aryl methyl sites for hydroxylation is 1. The zero-order valence-corrected chi connectivity index (χ0v) is 17.8. The fourth-order valence-electron chi connectivity index (χ4n) is 3.87. The summed E-state index contributed by atoms with van der Waals surface area (Å²) in [6.07, 6.45) is 3.37. The Labute approximate surface area is 174 Å². The lowest BCUT2D eigenvalue weighted by atomic mass is 10.1. The molecule has 0 radical (unpaired) electrons. The molecule has 1 aromatic heterocycles. The third-order valence-electron chi connectivity index (χ3n) is 5.76. The van der Waals surface area contributed by atoms with Crippen LogP contribution in [-0.4, -0.2) is 58.3 Å². The first kappa shape index (κ1) is 19.2. The van der Waals surface area contributed by atoms with Crippen LogP contribution < -0.4 is 9.62 Å². The number of carbonyl (C=O) groups is 1. The minimum Gasteiger partial charge on any atom is -0.307 e. The number of aromatic nitrogens is 3. The summed E-state index contributed by atoms with van der Waals surface area (Å²) in [6, 6.07) is 4.79. The van der Waals surface area contributed by atoms with Crippen LogP contribution in [0.2, 0.25) is 0 Å². The van der Waals surface area contributed by atoms with Crippen molar-refractivity contribution in [1.29, 1.82) is 0 Å². The van der Waals surface area contributed by atoms with Crippen LogP contribution in [0.1, 0.15) is 42.7 Å². The van der Waals surface area contributed by atoms with Crippen LogP contribution in [0.3, 0.4) is 0 Å². The van der Waals surface area contributed by atoms with Crippen molar-refractivity contribution in [3.05, 3.63) is 35.7 Å². The van der Waals surface area contributed by atoms with E-state index in [9.17, 15) is 13.2 Å². The number of nitrogens with zero attached hydrogens (tertiary/aromatic N) is 6. The van der Waals surface area contributed by atoms with Gasteiger partial charge in [-0.15, -0.1) is 5.10 Å². The maximum atomic E-state index is 13.4. The summed E-state index contributed by atoms with van der Waals surface area (Å²) in [5, 5.41) is 8.00. The third-order valence-corrected chi connectivity index (χ3v) is 7.40. The van der Waals surface area contributed by atoms with E-state index in [0.717, 1.165) is 12.8 Å². The van der Waals surface area contributed by atoms with Crippen molar-refractivity contribution >= 4 is 27.6 Å². The summed E-state index contributed by atoms with van der Waals surface area (Å²) in [5.41, 5.74) is 1.26. The van der Waals surface area contributed by atoms with Gasteiger partial charge in [0.1, 0.15) is 5.69 Å². The standard InChI is InChI=1S/C19H23N7O3S/c1-12-9-20-18-25(11-13-10-24(3)23-21-13)17(27)15-8-14(4-5-16(15)26(12)18)30(28,29)22-19(2)6-7-19/h4-5,8,10,12,22H,6-7,9,11H2,1-3H3/t12-/m1/s1. The number of sulfonamides is 1. The molecule has 1 amide bonds. The molecule has 2 aliphatic heterocycles. The number of fused-ring (bicyclic) bond motifs is 3. The summed E-state index contributed by atoms with van der Waals surface area (Å²) < 4.78 is 30.0. The molecule has 1 atom stereocenters. The molecule has 2 aromatic rings. The molecule has 158 valence electrons. The predicted octanol–water partition coefficient (Wildman–Crippen LogP) is 0.866. The highest BCUT2D eigenvalue weighted by Crippen LogP contribution is 2.38. The third kappa shape index (κ3) is 3.08. The Morgan fingerprint density at radius 2 is 2.07 bits per heavy atom. The Balaban J connectivity index is 1.55. The van der Waals surface area contributed by atoms with Gasteiger partial charge in [0, 0.05) is 18.8 Å². The smallest absolute Gasteiger partial charge is 0.263 e. The van der Waals surface area contributed by atoms with Crippen molar-refractivity contribution in [3.8, 4) is 0 Å². The van der Waals surface area contributed by atoms with Gasteiger partial charge in [-0.05, 0) is 44.9 Å². The molecule has 1 fully saturated rings. The van der Waals surface area contributed by atoms with Crippen molar-refractivity contribution in [3.63, 3.8) is 0 Å². The monoisotopic (exact) mass is 429 g/mol. The lowest BCUT2D eigenvalue weighted by molar-refractivity contribution is 0.0831. The average molecular weight is 430 g/mol. The molecule has 1 saturated carbocycles. The molecule has 0 bridgehead atoms. The molecule has 5 rings (SSSR count). The van der Waals surface area contributed by atoms with Gasteiger partial charge in [-0.2, -0.15) is 0 Å². The number of nitrogens with one attached hydrogen (secondary N) is 1. The van der Waals surface area contributed by atoms with Crippen LogP contribution in [0, 0.1) is 0 Å². The van der Waals surface area contributed by atoms with Gasteiger partial charge in [0.05, 0.1) is 35.3 Å². The van der Waals surface area contributed by atoms with Crippen LogP contribution >= 0.6 is 0 Å². The van der Waals surface area contributed by atoms with Crippen molar-refractivity contribution in [2.75, 3.05) is 11.4 Å². The van der Waals surface area contributed by atoms with Crippen molar-refractivity contribution < 1.29 is 13.2 Å². The fraction of sp³-hybridized carbons (Fsp3) is 0.474. The fourth-order valence-corrected chi connectivity index (χ4v) is 5.37. The molecular formula is C19H23N7O3S. The first-order chi connectivity index (χ1) is 14.2. The zero-order valence-electron chi connectivity index (χ0n) is 17.0. The highest BCUT2D eigenvalue weighted by molar-refractivity contribution is 7.89. The highest BCUT2D eigenvalue weighted by atomic mass is 32.2. The number of guanidine groups is 1. The molecular weight excluding hydrogens is 406 g/mol. The van der Waals surface area contributed by atoms with E-state index < -0.39 is 10.0 Å². The van der Waals surface area contributed by atoms with E-state index >= 15 is 0 Å². The van der Waals surface area contributed by atoms with Crippen LogP contribution in [0.5, 0.6) is 0 Å². The van der Waals surface area contributed by atoms with E-state index in [1.807, 2.05) is 18.7 Å². The first-order valence-electron chi connectivity index (χ1n) is 9.86. The number of hydrogen-bond donors (Lipinski definition) is 1. The summed E-state index contributed by atoms with van der Waals surface area (Å²) in [7, 11) is -1.96. The number of amides is 1.